The van der Waals surface area contributed by atoms with Gasteiger partial charge in [-0.1, -0.05) is 13.5 Å². The maximum atomic E-state index is 10.6. The van der Waals surface area contributed by atoms with Crippen molar-refractivity contribution in [2.75, 3.05) is 6.61 Å². The van der Waals surface area contributed by atoms with Gasteiger partial charge >= 0.3 is 11.9 Å². The van der Waals surface area contributed by atoms with Crippen molar-refractivity contribution in [1.29, 1.82) is 0 Å². The van der Waals surface area contributed by atoms with Crippen molar-refractivity contribution >= 4 is 11.9 Å². The average molecular weight is 186 g/mol. The van der Waals surface area contributed by atoms with Crippen LogP contribution in [-0.2, 0) is 14.3 Å². The molecule has 0 spiro atoms. The molecule has 4 heteroatoms. The van der Waals surface area contributed by atoms with Gasteiger partial charge in [-0.05, 0) is 12.8 Å². The summed E-state index contributed by atoms with van der Waals surface area (Å²) in [5, 5.41) is 7.60. The molecule has 1 saturated heterocycles. The number of carbonyl (C=O) groups is 2. The van der Waals surface area contributed by atoms with Gasteiger partial charge < -0.3 is 9.84 Å². The first-order valence-electron chi connectivity index (χ1n) is 4.10. The Labute approximate surface area is 77.2 Å². The van der Waals surface area contributed by atoms with Gasteiger partial charge in [-0.25, -0.2) is 4.79 Å². The first-order valence-corrected chi connectivity index (χ1v) is 4.10. The summed E-state index contributed by atoms with van der Waals surface area (Å²) in [6.07, 6.45) is 2.87. The van der Waals surface area contributed by atoms with Crippen molar-refractivity contribution in [3.05, 3.63) is 12.7 Å². The predicted molar refractivity (Wildman–Crippen MR) is 47.2 cm³/mol. The number of hydrogen-bond acceptors (Lipinski definition) is 3. The number of rotatable bonds is 1. The highest BCUT2D eigenvalue weighted by Gasteiger charge is 2.17. The lowest BCUT2D eigenvalue weighted by molar-refractivity contribution is -0.152. The fraction of sp³-hybridized carbons (Fsp3) is 0.556. The van der Waals surface area contributed by atoms with Crippen LogP contribution in [-0.4, -0.2) is 23.7 Å². The van der Waals surface area contributed by atoms with E-state index in [1.165, 1.54) is 0 Å². The number of hydrogen-bond donors (Lipinski definition) is 1. The third-order valence-corrected chi connectivity index (χ3v) is 1.60. The Balaban J connectivity index is 0.000000252. The summed E-state index contributed by atoms with van der Waals surface area (Å²) in [6.45, 7) is 5.49. The first-order chi connectivity index (χ1) is 6.07. The third-order valence-electron chi connectivity index (χ3n) is 1.60. The van der Waals surface area contributed by atoms with E-state index in [2.05, 4.69) is 6.58 Å². The van der Waals surface area contributed by atoms with Crippen molar-refractivity contribution in [3.63, 3.8) is 0 Å². The molecule has 0 aromatic carbocycles. The van der Waals surface area contributed by atoms with E-state index in [4.69, 9.17) is 9.84 Å². The first kappa shape index (κ1) is 11.7. The van der Waals surface area contributed by atoms with E-state index in [1.54, 1.807) is 0 Å². The van der Waals surface area contributed by atoms with E-state index in [-0.39, 0.29) is 11.9 Å². The quantitative estimate of drug-likeness (QED) is 0.494. The average Bonchev–Trinajstić information content (AvgIpc) is 2.11. The highest BCUT2D eigenvalue weighted by Crippen LogP contribution is 2.12. The van der Waals surface area contributed by atoms with Crippen LogP contribution in [0.15, 0.2) is 12.7 Å². The van der Waals surface area contributed by atoms with E-state index in [0.717, 1.165) is 18.9 Å². The topological polar surface area (TPSA) is 63.6 Å². The molecule has 0 radical (unpaired) electrons. The van der Waals surface area contributed by atoms with Crippen LogP contribution in [0, 0.1) is 5.92 Å². The van der Waals surface area contributed by atoms with Gasteiger partial charge in [0.2, 0.25) is 0 Å². The standard InChI is InChI=1S/C6H10O2.C3H4O2/c1-5-3-2-4-8-6(5)7;1-2-3(4)5/h5H,2-4H2,1H3;2H,1H2,(H,4,5). The van der Waals surface area contributed by atoms with Gasteiger partial charge in [-0.2, -0.15) is 0 Å². The lowest BCUT2D eigenvalue weighted by Crippen LogP contribution is -2.20. The second kappa shape index (κ2) is 6.22. The van der Waals surface area contributed by atoms with Crippen molar-refractivity contribution in [2.45, 2.75) is 19.8 Å². The molecule has 0 aromatic rings. The Bertz CT molecular complexity index is 198. The minimum Gasteiger partial charge on any atom is -0.478 e. The van der Waals surface area contributed by atoms with E-state index < -0.39 is 5.97 Å². The Morgan fingerprint density at radius 1 is 1.77 bits per heavy atom. The Hall–Kier alpha value is -1.32. The molecule has 1 aliphatic heterocycles. The highest BCUT2D eigenvalue weighted by atomic mass is 16.5. The van der Waals surface area contributed by atoms with Crippen molar-refractivity contribution in [2.24, 2.45) is 5.92 Å². The molecule has 0 aliphatic carbocycles. The molecule has 1 rings (SSSR count). The summed E-state index contributed by atoms with van der Waals surface area (Å²) in [5.74, 6) is -0.870. The molecule has 0 saturated carbocycles. The van der Waals surface area contributed by atoms with Gasteiger partial charge in [0.05, 0.1) is 12.5 Å². The molecule has 74 valence electrons. The summed E-state index contributed by atoms with van der Waals surface area (Å²) in [7, 11) is 0. The summed E-state index contributed by atoms with van der Waals surface area (Å²) < 4.78 is 4.75. The fourth-order valence-corrected chi connectivity index (χ4v) is 0.822. The van der Waals surface area contributed by atoms with E-state index in [0.29, 0.717) is 6.61 Å². The molecule has 1 unspecified atom stereocenters. The second-order valence-corrected chi connectivity index (χ2v) is 2.75. The molecule has 0 amide bonds. The smallest absolute Gasteiger partial charge is 0.327 e. The van der Waals surface area contributed by atoms with E-state index in [1.807, 2.05) is 6.92 Å². The van der Waals surface area contributed by atoms with E-state index >= 15 is 0 Å². The maximum absolute atomic E-state index is 10.6. The Kier molecular flexibility index (Phi) is 5.59. The predicted octanol–water partition coefficient (Wildman–Crippen LogP) is 1.22. The lowest BCUT2D eigenvalue weighted by Gasteiger charge is -2.15. The van der Waals surface area contributed by atoms with Crippen LogP contribution in [0.3, 0.4) is 0 Å². The molecule has 1 heterocycles. The number of esters is 1. The molecule has 1 fully saturated rings. The molecule has 1 atom stereocenters. The molecule has 13 heavy (non-hydrogen) atoms. The van der Waals surface area contributed by atoms with E-state index in [9.17, 15) is 9.59 Å². The highest BCUT2D eigenvalue weighted by molar-refractivity contribution is 5.78. The number of carboxylic acid groups (broad SMARTS) is 1. The fourth-order valence-electron chi connectivity index (χ4n) is 0.822. The van der Waals surface area contributed by atoms with Crippen LogP contribution in [0.2, 0.25) is 0 Å². The van der Waals surface area contributed by atoms with Gasteiger partial charge in [-0.3, -0.25) is 4.79 Å². The van der Waals surface area contributed by atoms with Crippen LogP contribution in [0.4, 0.5) is 0 Å². The number of cyclic esters (lactones) is 1. The van der Waals surface area contributed by atoms with Gasteiger partial charge in [0.25, 0.3) is 0 Å². The molecule has 0 aromatic heterocycles. The SMILES string of the molecule is C=CC(=O)O.CC1CCCOC1=O. The number of carbonyl (C=O) groups excluding carboxylic acids is 1. The minimum atomic E-state index is -0.981. The van der Waals surface area contributed by atoms with Gasteiger partial charge in [0.15, 0.2) is 0 Å². The van der Waals surface area contributed by atoms with Crippen molar-refractivity contribution < 1.29 is 19.4 Å². The maximum Gasteiger partial charge on any atom is 0.327 e. The molecule has 0 bridgehead atoms. The zero-order valence-electron chi connectivity index (χ0n) is 7.66. The van der Waals surface area contributed by atoms with Crippen LogP contribution >= 0.6 is 0 Å². The van der Waals surface area contributed by atoms with Gasteiger partial charge in [-0.15, -0.1) is 0 Å². The summed E-state index contributed by atoms with van der Waals surface area (Å²) in [4.78, 5) is 19.8. The van der Waals surface area contributed by atoms with Crippen LogP contribution in [0.1, 0.15) is 19.8 Å². The van der Waals surface area contributed by atoms with Crippen LogP contribution < -0.4 is 0 Å². The molecule has 4 nitrogen and oxygen atoms in total. The Morgan fingerprint density at radius 2 is 2.31 bits per heavy atom. The summed E-state index contributed by atoms with van der Waals surface area (Å²) >= 11 is 0. The number of ether oxygens (including phenoxy) is 1. The summed E-state index contributed by atoms with van der Waals surface area (Å²) in [5.41, 5.74) is 0. The van der Waals surface area contributed by atoms with Gasteiger partial charge in [0, 0.05) is 6.08 Å². The lowest BCUT2D eigenvalue weighted by atomic mass is 10.0. The third kappa shape index (κ3) is 5.90. The zero-order chi connectivity index (χ0) is 10.3. The summed E-state index contributed by atoms with van der Waals surface area (Å²) in [6, 6.07) is 0. The molecular weight excluding hydrogens is 172 g/mol. The second-order valence-electron chi connectivity index (χ2n) is 2.75. The number of carboxylic acids is 1. The zero-order valence-corrected chi connectivity index (χ0v) is 7.66. The largest absolute Gasteiger partial charge is 0.478 e. The monoisotopic (exact) mass is 186 g/mol. The van der Waals surface area contributed by atoms with Crippen LogP contribution in [0.5, 0.6) is 0 Å². The van der Waals surface area contributed by atoms with Crippen molar-refractivity contribution in [3.8, 4) is 0 Å². The van der Waals surface area contributed by atoms with Gasteiger partial charge in [0.1, 0.15) is 0 Å². The molecular formula is C9H14O4. The molecule has 1 N–H and O–H groups in total. The minimum absolute atomic E-state index is 0.0312. The molecule has 1 aliphatic rings. The normalized spacial score (nSPS) is 20.7. The number of aliphatic carboxylic acids is 1. The van der Waals surface area contributed by atoms with Crippen molar-refractivity contribution in [1.82, 2.24) is 0 Å². The Morgan fingerprint density at radius 3 is 2.54 bits per heavy atom. The van der Waals surface area contributed by atoms with Crippen LogP contribution in [0.25, 0.3) is 0 Å².